The Balaban J connectivity index is 1.55. The number of aryl methyl sites for hydroxylation is 1. The summed E-state index contributed by atoms with van der Waals surface area (Å²) in [5.74, 6) is -0.292. The number of ether oxygens (including phenoxy) is 1. The van der Waals surface area contributed by atoms with Crippen molar-refractivity contribution in [2.24, 2.45) is 0 Å². The van der Waals surface area contributed by atoms with Gasteiger partial charge in [0.05, 0.1) is 24.9 Å². The zero-order valence-corrected chi connectivity index (χ0v) is 15.5. The number of amides is 1. The minimum Gasteiger partial charge on any atom is -0.467 e. The van der Waals surface area contributed by atoms with Gasteiger partial charge in [-0.05, 0) is 19.1 Å². The van der Waals surface area contributed by atoms with Gasteiger partial charge < -0.3 is 20.2 Å². The molecule has 0 unspecified atom stereocenters. The molecule has 3 rings (SSSR count). The van der Waals surface area contributed by atoms with Crippen molar-refractivity contribution in [2.75, 3.05) is 12.3 Å². The van der Waals surface area contributed by atoms with Crippen molar-refractivity contribution in [3.8, 4) is 11.3 Å². The first kappa shape index (κ1) is 18.7. The molecule has 0 saturated heterocycles. The Labute approximate surface area is 160 Å². The molecular formula is C19H19N3O4S. The number of carbonyl (C=O) groups is 2. The highest BCUT2D eigenvalue weighted by Gasteiger charge is 2.17. The lowest BCUT2D eigenvalue weighted by Gasteiger charge is -2.06. The zero-order valence-electron chi connectivity index (χ0n) is 14.7. The van der Waals surface area contributed by atoms with Crippen molar-refractivity contribution in [3.63, 3.8) is 0 Å². The average Bonchev–Trinajstić information content (AvgIpc) is 3.28. The summed E-state index contributed by atoms with van der Waals surface area (Å²) in [6.45, 7) is 1.88. The molecule has 0 spiro atoms. The molecule has 7 nitrogen and oxygen atoms in total. The first-order valence-electron chi connectivity index (χ1n) is 8.28. The van der Waals surface area contributed by atoms with E-state index in [1.165, 1.54) is 17.6 Å². The first-order valence-corrected chi connectivity index (χ1v) is 9.10. The molecule has 1 amide bonds. The topological polar surface area (TPSA) is 107 Å². The molecule has 2 aromatic heterocycles. The third-order valence-corrected chi connectivity index (χ3v) is 4.63. The number of rotatable bonds is 7. The van der Waals surface area contributed by atoms with Crippen molar-refractivity contribution >= 4 is 28.3 Å². The predicted molar refractivity (Wildman–Crippen MR) is 102 cm³/mol. The molecule has 8 heteroatoms. The van der Waals surface area contributed by atoms with Gasteiger partial charge >= 0.3 is 5.97 Å². The molecule has 1 aromatic carbocycles. The number of carbonyl (C=O) groups excluding carboxylic acids is 2. The van der Waals surface area contributed by atoms with E-state index < -0.39 is 11.9 Å². The molecule has 0 atom stereocenters. The van der Waals surface area contributed by atoms with Crippen molar-refractivity contribution < 1.29 is 18.7 Å². The van der Waals surface area contributed by atoms with Crippen LogP contribution in [0.25, 0.3) is 11.3 Å². The number of nitrogens with two attached hydrogens (primary N) is 1. The van der Waals surface area contributed by atoms with Crippen LogP contribution >= 0.6 is 11.3 Å². The van der Waals surface area contributed by atoms with Crippen LogP contribution in [-0.2, 0) is 27.3 Å². The highest BCUT2D eigenvalue weighted by Crippen LogP contribution is 2.30. The number of nitrogens with zero attached hydrogens (tertiary/aromatic N) is 1. The largest absolute Gasteiger partial charge is 0.467 e. The maximum Gasteiger partial charge on any atom is 0.311 e. The van der Waals surface area contributed by atoms with Crippen molar-refractivity contribution in [1.29, 1.82) is 0 Å². The molecule has 0 radical (unpaired) electrons. The molecular weight excluding hydrogens is 366 g/mol. The number of nitrogens with one attached hydrogen (secondary N) is 1. The standard InChI is InChI=1S/C19H19N3O4S/c1-12-4-6-13(7-5-12)18-15(27-19(20)22-18)9-17(24)26-11-16(23)21-10-14-3-2-8-25-14/h2-8H,9-11H2,1H3,(H2,20,22)(H,21,23). The lowest BCUT2D eigenvalue weighted by atomic mass is 10.1. The maximum absolute atomic E-state index is 12.1. The van der Waals surface area contributed by atoms with Crippen molar-refractivity contribution in [3.05, 3.63) is 58.9 Å². The Morgan fingerprint density at radius 1 is 1.26 bits per heavy atom. The summed E-state index contributed by atoms with van der Waals surface area (Å²) in [6, 6.07) is 11.3. The van der Waals surface area contributed by atoms with Crippen LogP contribution in [0, 0.1) is 6.92 Å². The zero-order chi connectivity index (χ0) is 19.2. The number of anilines is 1. The second kappa shape index (κ2) is 8.50. The summed E-state index contributed by atoms with van der Waals surface area (Å²) in [5, 5.41) is 2.99. The number of thiazole rings is 1. The van der Waals surface area contributed by atoms with E-state index >= 15 is 0 Å². The lowest BCUT2D eigenvalue weighted by Crippen LogP contribution is -2.28. The molecule has 3 aromatic rings. The number of hydrogen-bond donors (Lipinski definition) is 2. The highest BCUT2D eigenvalue weighted by molar-refractivity contribution is 7.15. The lowest BCUT2D eigenvalue weighted by molar-refractivity contribution is -0.147. The molecule has 140 valence electrons. The summed E-state index contributed by atoms with van der Waals surface area (Å²) < 4.78 is 10.2. The first-order chi connectivity index (χ1) is 13.0. The van der Waals surface area contributed by atoms with Gasteiger partial charge in [0, 0.05) is 10.4 Å². The molecule has 27 heavy (non-hydrogen) atoms. The van der Waals surface area contributed by atoms with Crippen LogP contribution in [0.3, 0.4) is 0 Å². The fraction of sp³-hybridized carbons (Fsp3) is 0.211. The summed E-state index contributed by atoms with van der Waals surface area (Å²) in [5.41, 5.74) is 8.49. The molecule has 2 heterocycles. The monoisotopic (exact) mass is 385 g/mol. The van der Waals surface area contributed by atoms with Gasteiger partial charge in [0.2, 0.25) is 0 Å². The number of furan rings is 1. The normalized spacial score (nSPS) is 10.6. The third kappa shape index (κ3) is 5.18. The van der Waals surface area contributed by atoms with Crippen molar-refractivity contribution in [1.82, 2.24) is 10.3 Å². The van der Waals surface area contributed by atoms with Crippen LogP contribution in [0.1, 0.15) is 16.2 Å². The SMILES string of the molecule is Cc1ccc(-c2nc(N)sc2CC(=O)OCC(=O)NCc2ccco2)cc1. The molecule has 3 N–H and O–H groups in total. The summed E-state index contributed by atoms with van der Waals surface area (Å²) in [6.07, 6.45) is 1.53. The molecule has 0 aliphatic rings. The fourth-order valence-corrected chi connectivity index (χ4v) is 3.24. The van der Waals surface area contributed by atoms with Crippen LogP contribution in [-0.4, -0.2) is 23.5 Å². The smallest absolute Gasteiger partial charge is 0.311 e. The van der Waals surface area contributed by atoms with Gasteiger partial charge in [-0.2, -0.15) is 0 Å². The molecule has 0 bridgehead atoms. The van der Waals surface area contributed by atoms with E-state index in [0.29, 0.717) is 21.5 Å². The van der Waals surface area contributed by atoms with Crippen LogP contribution < -0.4 is 11.1 Å². The fourth-order valence-electron chi connectivity index (χ4n) is 2.40. The molecule has 0 saturated carbocycles. The van der Waals surface area contributed by atoms with E-state index in [1.54, 1.807) is 12.1 Å². The number of benzene rings is 1. The Hall–Kier alpha value is -3.13. The predicted octanol–water partition coefficient (Wildman–Crippen LogP) is 2.70. The minimum absolute atomic E-state index is 0.00351. The molecule has 0 aliphatic heterocycles. The number of nitrogen functional groups attached to an aromatic ring is 1. The Kier molecular flexibility index (Phi) is 5.87. The highest BCUT2D eigenvalue weighted by atomic mass is 32.1. The second-order valence-electron chi connectivity index (χ2n) is 5.88. The number of esters is 1. The average molecular weight is 385 g/mol. The number of hydrogen-bond acceptors (Lipinski definition) is 7. The van der Waals surface area contributed by atoms with E-state index in [0.717, 1.165) is 11.1 Å². The summed E-state index contributed by atoms with van der Waals surface area (Å²) in [7, 11) is 0. The van der Waals surface area contributed by atoms with E-state index in [1.807, 2.05) is 31.2 Å². The van der Waals surface area contributed by atoms with Crippen LogP contribution in [0.15, 0.2) is 47.1 Å². The quantitative estimate of drug-likeness (QED) is 0.606. The van der Waals surface area contributed by atoms with Gasteiger partial charge in [-0.25, -0.2) is 4.98 Å². The van der Waals surface area contributed by atoms with E-state index in [9.17, 15) is 9.59 Å². The van der Waals surface area contributed by atoms with Gasteiger partial charge in [0.25, 0.3) is 5.91 Å². The summed E-state index contributed by atoms with van der Waals surface area (Å²) >= 11 is 1.24. The van der Waals surface area contributed by atoms with Gasteiger partial charge in [0.15, 0.2) is 11.7 Å². The summed E-state index contributed by atoms with van der Waals surface area (Å²) in [4.78, 5) is 28.9. The van der Waals surface area contributed by atoms with Gasteiger partial charge in [-0.15, -0.1) is 11.3 Å². The van der Waals surface area contributed by atoms with Crippen molar-refractivity contribution in [2.45, 2.75) is 19.9 Å². The second-order valence-corrected chi connectivity index (χ2v) is 7.00. The van der Waals surface area contributed by atoms with Gasteiger partial charge in [0.1, 0.15) is 5.76 Å². The third-order valence-electron chi connectivity index (χ3n) is 3.75. The van der Waals surface area contributed by atoms with Crippen LogP contribution in [0.2, 0.25) is 0 Å². The van der Waals surface area contributed by atoms with Crippen LogP contribution in [0.4, 0.5) is 5.13 Å². The van der Waals surface area contributed by atoms with Gasteiger partial charge in [-0.3, -0.25) is 9.59 Å². The van der Waals surface area contributed by atoms with E-state index in [2.05, 4.69) is 10.3 Å². The Morgan fingerprint density at radius 2 is 2.04 bits per heavy atom. The van der Waals surface area contributed by atoms with E-state index in [-0.39, 0.29) is 19.6 Å². The molecule has 0 fully saturated rings. The Bertz CT molecular complexity index is 917. The maximum atomic E-state index is 12.1. The minimum atomic E-state index is -0.514. The van der Waals surface area contributed by atoms with Gasteiger partial charge in [-0.1, -0.05) is 29.8 Å². The Morgan fingerprint density at radius 3 is 2.74 bits per heavy atom. The van der Waals surface area contributed by atoms with Crippen LogP contribution in [0.5, 0.6) is 0 Å². The van der Waals surface area contributed by atoms with E-state index in [4.69, 9.17) is 14.9 Å². The molecule has 0 aliphatic carbocycles. The number of aromatic nitrogens is 1.